The normalized spacial score (nSPS) is 10.4. The molecule has 0 saturated carbocycles. The number of Topliss-reactive ketones (excluding diaryl/α,β-unsaturated/α-hetero) is 1. The van der Waals surface area contributed by atoms with E-state index in [9.17, 15) is 9.59 Å². The predicted octanol–water partition coefficient (Wildman–Crippen LogP) is 2.85. The van der Waals surface area contributed by atoms with Crippen molar-refractivity contribution in [3.05, 3.63) is 36.4 Å². The molecule has 0 aliphatic heterocycles. The number of hydrogen-bond acceptors (Lipinski definition) is 5. The Bertz CT molecular complexity index is 627. The number of thioether (sulfide) groups is 1. The number of benzene rings is 1. The smallest absolute Gasteiger partial charge is 0.313 e. The van der Waals surface area contributed by atoms with E-state index in [1.165, 1.54) is 18.7 Å². The maximum absolute atomic E-state index is 11.2. The largest absolute Gasteiger partial charge is 0.464 e. The quantitative estimate of drug-likeness (QED) is 0.354. The Hall–Kier alpha value is -1.88. The van der Waals surface area contributed by atoms with Crippen LogP contribution < -0.4 is 0 Å². The minimum Gasteiger partial charge on any atom is -0.464 e. The van der Waals surface area contributed by atoms with Crippen molar-refractivity contribution in [2.45, 2.75) is 18.4 Å². The number of aromatic nitrogens is 1. The standard InChI is InChI=1S/C15H15NO3S/c1-11(17)10-15(18)19-8-9-20-14-7-6-12-4-2-3-5-13(12)16-14/h2-7H,8-10H2,1H3. The summed E-state index contributed by atoms with van der Waals surface area (Å²) in [6, 6.07) is 11.9. The SMILES string of the molecule is CC(=O)CC(=O)OCCSc1ccc2ccccc2n1. The molecule has 0 bridgehead atoms. The Morgan fingerprint density at radius 1 is 1.20 bits per heavy atom. The fourth-order valence-corrected chi connectivity index (χ4v) is 2.39. The fourth-order valence-electron chi connectivity index (χ4n) is 1.68. The van der Waals surface area contributed by atoms with Gasteiger partial charge in [0, 0.05) is 11.1 Å². The molecule has 0 saturated heterocycles. The second-order valence-corrected chi connectivity index (χ2v) is 5.41. The molecule has 0 amide bonds. The van der Waals surface area contributed by atoms with Crippen LogP contribution in [0.15, 0.2) is 41.4 Å². The van der Waals surface area contributed by atoms with E-state index in [-0.39, 0.29) is 18.8 Å². The van der Waals surface area contributed by atoms with E-state index in [0.717, 1.165) is 15.9 Å². The fraction of sp³-hybridized carbons (Fsp3) is 0.267. The number of esters is 1. The van der Waals surface area contributed by atoms with Crippen LogP contribution in [0.5, 0.6) is 0 Å². The van der Waals surface area contributed by atoms with Crippen LogP contribution >= 0.6 is 11.8 Å². The highest BCUT2D eigenvalue weighted by atomic mass is 32.2. The third kappa shape index (κ3) is 4.35. The lowest BCUT2D eigenvalue weighted by atomic mass is 10.2. The number of hydrogen-bond donors (Lipinski definition) is 0. The maximum atomic E-state index is 11.2. The van der Waals surface area contributed by atoms with E-state index in [2.05, 4.69) is 4.98 Å². The van der Waals surface area contributed by atoms with Gasteiger partial charge in [-0.1, -0.05) is 24.3 Å². The van der Waals surface area contributed by atoms with E-state index < -0.39 is 5.97 Å². The van der Waals surface area contributed by atoms with Crippen LogP contribution in [0.3, 0.4) is 0 Å². The molecular weight excluding hydrogens is 274 g/mol. The summed E-state index contributed by atoms with van der Waals surface area (Å²) in [4.78, 5) is 26.4. The van der Waals surface area contributed by atoms with Gasteiger partial charge in [-0.3, -0.25) is 9.59 Å². The molecule has 0 fully saturated rings. The molecule has 0 atom stereocenters. The van der Waals surface area contributed by atoms with Gasteiger partial charge in [0.25, 0.3) is 0 Å². The number of rotatable bonds is 6. The third-order valence-corrected chi connectivity index (χ3v) is 3.46. The molecule has 0 N–H and O–H groups in total. The van der Waals surface area contributed by atoms with E-state index in [1.807, 2.05) is 36.4 Å². The predicted molar refractivity (Wildman–Crippen MR) is 78.7 cm³/mol. The number of pyridine rings is 1. The highest BCUT2D eigenvalue weighted by molar-refractivity contribution is 7.99. The number of carbonyl (C=O) groups is 2. The highest BCUT2D eigenvalue weighted by Crippen LogP contribution is 2.19. The molecule has 0 unspecified atom stereocenters. The summed E-state index contributed by atoms with van der Waals surface area (Å²) in [5.74, 6) is -0.0296. The van der Waals surface area contributed by atoms with Crippen molar-refractivity contribution >= 4 is 34.4 Å². The molecule has 0 spiro atoms. The Morgan fingerprint density at radius 3 is 2.80 bits per heavy atom. The van der Waals surface area contributed by atoms with Gasteiger partial charge in [-0.25, -0.2) is 4.98 Å². The van der Waals surface area contributed by atoms with Gasteiger partial charge in [-0.15, -0.1) is 11.8 Å². The molecule has 1 aromatic carbocycles. The van der Waals surface area contributed by atoms with Gasteiger partial charge in [0.05, 0.1) is 10.5 Å². The molecule has 0 aliphatic rings. The van der Waals surface area contributed by atoms with Crippen molar-refractivity contribution in [3.8, 4) is 0 Å². The third-order valence-electron chi connectivity index (χ3n) is 2.56. The van der Waals surface area contributed by atoms with Crippen LogP contribution in [-0.2, 0) is 14.3 Å². The van der Waals surface area contributed by atoms with Crippen LogP contribution in [0.25, 0.3) is 10.9 Å². The number of carbonyl (C=O) groups excluding carboxylic acids is 2. The zero-order valence-electron chi connectivity index (χ0n) is 11.2. The van der Waals surface area contributed by atoms with Gasteiger partial charge in [0.2, 0.25) is 0 Å². The Labute approximate surface area is 121 Å². The minimum absolute atomic E-state index is 0.154. The van der Waals surface area contributed by atoms with Crippen molar-refractivity contribution in [2.75, 3.05) is 12.4 Å². The van der Waals surface area contributed by atoms with Gasteiger partial charge in [0.1, 0.15) is 18.8 Å². The first-order valence-corrected chi connectivity index (χ1v) is 7.27. The van der Waals surface area contributed by atoms with Gasteiger partial charge >= 0.3 is 5.97 Å². The van der Waals surface area contributed by atoms with Crippen LogP contribution in [0.4, 0.5) is 0 Å². The van der Waals surface area contributed by atoms with Gasteiger partial charge in [0.15, 0.2) is 0 Å². The lowest BCUT2D eigenvalue weighted by Gasteiger charge is -2.04. The molecule has 104 valence electrons. The average molecular weight is 289 g/mol. The zero-order chi connectivity index (χ0) is 14.4. The summed E-state index contributed by atoms with van der Waals surface area (Å²) in [6.07, 6.45) is -0.154. The molecular formula is C15H15NO3S. The summed E-state index contributed by atoms with van der Waals surface area (Å²) in [7, 11) is 0. The van der Waals surface area contributed by atoms with Gasteiger partial charge < -0.3 is 4.74 Å². The van der Waals surface area contributed by atoms with Crippen molar-refractivity contribution in [1.29, 1.82) is 0 Å². The van der Waals surface area contributed by atoms with E-state index in [0.29, 0.717) is 5.75 Å². The number of ketones is 1. The summed E-state index contributed by atoms with van der Waals surface area (Å²) >= 11 is 1.52. The summed E-state index contributed by atoms with van der Waals surface area (Å²) in [6.45, 7) is 1.65. The lowest BCUT2D eigenvalue weighted by Crippen LogP contribution is -2.10. The van der Waals surface area contributed by atoms with E-state index in [1.54, 1.807) is 0 Å². The molecule has 20 heavy (non-hydrogen) atoms. The van der Waals surface area contributed by atoms with Crippen molar-refractivity contribution in [3.63, 3.8) is 0 Å². The van der Waals surface area contributed by atoms with Crippen molar-refractivity contribution < 1.29 is 14.3 Å². The first kappa shape index (κ1) is 14.5. The van der Waals surface area contributed by atoms with E-state index >= 15 is 0 Å². The molecule has 0 radical (unpaired) electrons. The first-order chi connectivity index (χ1) is 9.65. The maximum Gasteiger partial charge on any atom is 0.313 e. The molecule has 0 aliphatic carbocycles. The number of nitrogens with zero attached hydrogens (tertiary/aromatic N) is 1. The monoisotopic (exact) mass is 289 g/mol. The number of para-hydroxylation sites is 1. The second-order valence-electron chi connectivity index (χ2n) is 4.29. The number of fused-ring (bicyclic) bond motifs is 1. The highest BCUT2D eigenvalue weighted by Gasteiger charge is 2.06. The topological polar surface area (TPSA) is 56.3 Å². The summed E-state index contributed by atoms with van der Waals surface area (Å²) in [5.41, 5.74) is 0.950. The van der Waals surface area contributed by atoms with Crippen LogP contribution in [-0.4, -0.2) is 29.1 Å². The number of ether oxygens (including phenoxy) is 1. The lowest BCUT2D eigenvalue weighted by molar-refractivity contribution is -0.145. The molecule has 2 aromatic rings. The second kappa shape index (κ2) is 7.05. The summed E-state index contributed by atoms with van der Waals surface area (Å²) in [5, 5.41) is 2.00. The average Bonchev–Trinajstić information content (AvgIpc) is 2.43. The van der Waals surface area contributed by atoms with Crippen LogP contribution in [0, 0.1) is 0 Å². The zero-order valence-corrected chi connectivity index (χ0v) is 12.0. The molecule has 1 aromatic heterocycles. The van der Waals surface area contributed by atoms with E-state index in [4.69, 9.17) is 4.74 Å². The molecule has 5 heteroatoms. The summed E-state index contributed by atoms with van der Waals surface area (Å²) < 4.78 is 4.95. The molecule has 2 rings (SSSR count). The Kier molecular flexibility index (Phi) is 5.12. The van der Waals surface area contributed by atoms with Gasteiger partial charge in [-0.2, -0.15) is 0 Å². The van der Waals surface area contributed by atoms with Crippen LogP contribution in [0.2, 0.25) is 0 Å². The van der Waals surface area contributed by atoms with Crippen molar-refractivity contribution in [1.82, 2.24) is 4.98 Å². The van der Waals surface area contributed by atoms with Gasteiger partial charge in [-0.05, 0) is 19.1 Å². The van der Waals surface area contributed by atoms with Crippen LogP contribution in [0.1, 0.15) is 13.3 Å². The van der Waals surface area contributed by atoms with Crippen molar-refractivity contribution in [2.24, 2.45) is 0 Å². The Balaban J connectivity index is 1.81. The molecule has 1 heterocycles. The minimum atomic E-state index is -0.468. The first-order valence-electron chi connectivity index (χ1n) is 6.29. The Morgan fingerprint density at radius 2 is 2.00 bits per heavy atom. The molecule has 4 nitrogen and oxygen atoms in total.